The SMILES string of the molecule is O[C@H]1/C(=C\c2ccc(C(F)(F)F)cc2)[NH+]2CCC1CC2. The quantitative estimate of drug-likeness (QED) is 0.806. The van der Waals surface area contributed by atoms with Crippen LogP contribution in [0, 0.1) is 5.92 Å². The number of aliphatic hydroxyl groups excluding tert-OH is 1. The highest BCUT2D eigenvalue weighted by atomic mass is 19.4. The van der Waals surface area contributed by atoms with Gasteiger partial charge in [0.2, 0.25) is 0 Å². The number of halogens is 3. The van der Waals surface area contributed by atoms with Crippen molar-refractivity contribution in [2.24, 2.45) is 5.92 Å². The molecule has 0 aromatic heterocycles. The molecule has 2 bridgehead atoms. The van der Waals surface area contributed by atoms with Gasteiger partial charge in [0.1, 0.15) is 11.8 Å². The highest BCUT2D eigenvalue weighted by Crippen LogP contribution is 2.30. The fourth-order valence-electron chi connectivity index (χ4n) is 3.19. The molecule has 0 amide bonds. The van der Waals surface area contributed by atoms with E-state index in [0.717, 1.165) is 43.8 Å². The van der Waals surface area contributed by atoms with Gasteiger partial charge in [-0.3, -0.25) is 0 Å². The van der Waals surface area contributed by atoms with Crippen molar-refractivity contribution < 1.29 is 23.2 Å². The topological polar surface area (TPSA) is 24.7 Å². The molecule has 5 heteroatoms. The van der Waals surface area contributed by atoms with E-state index in [-0.39, 0.29) is 0 Å². The van der Waals surface area contributed by atoms with Crippen molar-refractivity contribution in [1.82, 2.24) is 0 Å². The molecule has 1 atom stereocenters. The van der Waals surface area contributed by atoms with Crippen molar-refractivity contribution in [3.63, 3.8) is 0 Å². The zero-order valence-corrected chi connectivity index (χ0v) is 11.0. The second-order valence-corrected chi connectivity index (χ2v) is 5.61. The van der Waals surface area contributed by atoms with Crippen LogP contribution in [0.15, 0.2) is 30.0 Å². The number of hydrogen-bond donors (Lipinski definition) is 2. The molecule has 0 spiro atoms. The molecule has 0 saturated carbocycles. The maximum atomic E-state index is 12.5. The van der Waals surface area contributed by atoms with E-state index < -0.39 is 17.8 Å². The maximum Gasteiger partial charge on any atom is 0.416 e. The van der Waals surface area contributed by atoms with Gasteiger partial charge >= 0.3 is 6.18 Å². The van der Waals surface area contributed by atoms with Gasteiger partial charge in [-0.2, -0.15) is 13.2 Å². The summed E-state index contributed by atoms with van der Waals surface area (Å²) >= 11 is 0. The van der Waals surface area contributed by atoms with Gasteiger partial charge in [0.05, 0.1) is 18.7 Å². The second kappa shape index (κ2) is 4.90. The molecular formula is C15H17F3NO+. The zero-order chi connectivity index (χ0) is 14.3. The van der Waals surface area contributed by atoms with Crippen LogP contribution in [0.3, 0.4) is 0 Å². The Kier molecular flexibility index (Phi) is 3.34. The van der Waals surface area contributed by atoms with Crippen molar-refractivity contribution in [2.75, 3.05) is 13.1 Å². The number of hydrogen-bond acceptors (Lipinski definition) is 1. The number of alkyl halides is 3. The molecule has 3 aliphatic heterocycles. The first kappa shape index (κ1) is 13.6. The van der Waals surface area contributed by atoms with E-state index >= 15 is 0 Å². The lowest BCUT2D eigenvalue weighted by atomic mass is 9.83. The molecule has 3 saturated heterocycles. The first-order valence-corrected chi connectivity index (χ1v) is 6.87. The first-order valence-electron chi connectivity index (χ1n) is 6.87. The summed E-state index contributed by atoms with van der Waals surface area (Å²) < 4.78 is 37.5. The summed E-state index contributed by atoms with van der Waals surface area (Å²) in [7, 11) is 0. The van der Waals surface area contributed by atoms with Crippen LogP contribution in [0.4, 0.5) is 13.2 Å². The molecule has 3 fully saturated rings. The fraction of sp³-hybridized carbons (Fsp3) is 0.467. The van der Waals surface area contributed by atoms with Crippen molar-refractivity contribution in [1.29, 1.82) is 0 Å². The van der Waals surface area contributed by atoms with Crippen LogP contribution < -0.4 is 4.90 Å². The Morgan fingerprint density at radius 1 is 1.10 bits per heavy atom. The third-order valence-corrected chi connectivity index (χ3v) is 4.37. The van der Waals surface area contributed by atoms with Crippen LogP contribution in [0.2, 0.25) is 0 Å². The maximum absolute atomic E-state index is 12.5. The van der Waals surface area contributed by atoms with Gasteiger partial charge in [-0.25, -0.2) is 0 Å². The molecule has 3 aliphatic rings. The monoisotopic (exact) mass is 284 g/mol. The average molecular weight is 284 g/mol. The summed E-state index contributed by atoms with van der Waals surface area (Å²) in [6.45, 7) is 2.02. The third-order valence-electron chi connectivity index (χ3n) is 4.37. The molecule has 2 nitrogen and oxygen atoms in total. The molecule has 2 N–H and O–H groups in total. The number of benzene rings is 1. The number of piperidine rings is 3. The number of aliphatic hydroxyl groups is 1. The van der Waals surface area contributed by atoms with Crippen LogP contribution in [-0.2, 0) is 6.18 Å². The molecular weight excluding hydrogens is 267 g/mol. The Morgan fingerprint density at radius 2 is 1.70 bits per heavy atom. The summed E-state index contributed by atoms with van der Waals surface area (Å²) in [4.78, 5) is 1.26. The second-order valence-electron chi connectivity index (χ2n) is 5.61. The van der Waals surface area contributed by atoms with Gasteiger partial charge in [-0.15, -0.1) is 0 Å². The van der Waals surface area contributed by atoms with Crippen molar-refractivity contribution in [3.8, 4) is 0 Å². The highest BCUT2D eigenvalue weighted by Gasteiger charge is 2.41. The number of quaternary nitrogens is 1. The van der Waals surface area contributed by atoms with Crippen molar-refractivity contribution in [3.05, 3.63) is 41.1 Å². The molecule has 4 rings (SSSR count). The van der Waals surface area contributed by atoms with Gasteiger partial charge in [0.25, 0.3) is 0 Å². The van der Waals surface area contributed by atoms with E-state index in [4.69, 9.17) is 0 Å². The summed E-state index contributed by atoms with van der Waals surface area (Å²) in [5.74, 6) is 0.313. The largest absolute Gasteiger partial charge is 0.416 e. The van der Waals surface area contributed by atoms with E-state index in [1.165, 1.54) is 17.0 Å². The first-order chi connectivity index (χ1) is 9.45. The van der Waals surface area contributed by atoms with E-state index in [1.54, 1.807) is 0 Å². The zero-order valence-electron chi connectivity index (χ0n) is 11.0. The van der Waals surface area contributed by atoms with Gasteiger partial charge in [-0.1, -0.05) is 12.1 Å². The molecule has 0 radical (unpaired) electrons. The van der Waals surface area contributed by atoms with Crippen LogP contribution in [0.5, 0.6) is 0 Å². The Labute approximate surface area is 115 Å². The number of fused-ring (bicyclic) bond motifs is 3. The molecule has 0 aliphatic carbocycles. The van der Waals surface area contributed by atoms with Crippen LogP contribution in [-0.4, -0.2) is 24.3 Å². The predicted octanol–water partition coefficient (Wildman–Crippen LogP) is 1.72. The standard InChI is InChI=1S/C15H16F3NO/c16-15(17,18)12-3-1-10(2-4-12)9-13-14(20)11-5-7-19(13)8-6-11/h1-4,9,11,14,20H,5-8H2/p+1/b13-9+/t14-/m1/s1. The summed E-state index contributed by atoms with van der Waals surface area (Å²) in [5.41, 5.74) is 0.998. The lowest BCUT2D eigenvalue weighted by Crippen LogP contribution is -3.14. The fourth-order valence-corrected chi connectivity index (χ4v) is 3.19. The van der Waals surface area contributed by atoms with Crippen molar-refractivity contribution in [2.45, 2.75) is 25.1 Å². The minimum atomic E-state index is -4.30. The summed E-state index contributed by atoms with van der Waals surface area (Å²) in [6, 6.07) is 5.10. The van der Waals surface area contributed by atoms with Gasteiger partial charge in [-0.05, 0) is 17.7 Å². The van der Waals surface area contributed by atoms with E-state index in [1.807, 2.05) is 6.08 Å². The smallest absolute Gasteiger partial charge is 0.383 e. The number of rotatable bonds is 1. The molecule has 0 unspecified atom stereocenters. The molecule has 1 aromatic rings. The van der Waals surface area contributed by atoms with E-state index in [2.05, 4.69) is 0 Å². The summed E-state index contributed by atoms with van der Waals surface area (Å²) in [6.07, 6.45) is -0.855. The van der Waals surface area contributed by atoms with Gasteiger partial charge in [0, 0.05) is 24.8 Å². The lowest BCUT2D eigenvalue weighted by molar-refractivity contribution is -0.880. The predicted molar refractivity (Wildman–Crippen MR) is 68.8 cm³/mol. The lowest BCUT2D eigenvalue weighted by Gasteiger charge is -2.41. The molecule has 1 aromatic carbocycles. The van der Waals surface area contributed by atoms with Gasteiger partial charge < -0.3 is 10.0 Å². The summed E-state index contributed by atoms with van der Waals surface area (Å²) in [5, 5.41) is 10.2. The Morgan fingerprint density at radius 3 is 2.20 bits per heavy atom. The Bertz CT molecular complexity index is 509. The van der Waals surface area contributed by atoms with Crippen LogP contribution in [0.25, 0.3) is 6.08 Å². The van der Waals surface area contributed by atoms with Crippen LogP contribution in [0.1, 0.15) is 24.0 Å². The molecule has 3 heterocycles. The molecule has 108 valence electrons. The molecule has 20 heavy (non-hydrogen) atoms. The van der Waals surface area contributed by atoms with Crippen LogP contribution >= 0.6 is 0 Å². The van der Waals surface area contributed by atoms with E-state index in [0.29, 0.717) is 11.5 Å². The Hall–Kier alpha value is -1.33. The van der Waals surface area contributed by atoms with E-state index in [9.17, 15) is 18.3 Å². The highest BCUT2D eigenvalue weighted by molar-refractivity contribution is 5.52. The number of nitrogens with one attached hydrogen (secondary N) is 1. The van der Waals surface area contributed by atoms with Crippen molar-refractivity contribution >= 4 is 6.08 Å². The average Bonchev–Trinajstić information content (AvgIpc) is 2.43. The minimum absolute atomic E-state index is 0.313. The normalized spacial score (nSPS) is 31.8. The van der Waals surface area contributed by atoms with Gasteiger partial charge in [0.15, 0.2) is 0 Å². The third kappa shape index (κ3) is 2.47. The minimum Gasteiger partial charge on any atom is -0.383 e. The Balaban J connectivity index is 1.85.